The molecule has 1 atom stereocenters. The number of hydrogen-bond donors (Lipinski definition) is 1. The van der Waals surface area contributed by atoms with Gasteiger partial charge in [-0.15, -0.1) is 0 Å². The number of aromatic nitrogens is 2. The molecule has 0 aliphatic carbocycles. The molecule has 0 unspecified atom stereocenters. The van der Waals surface area contributed by atoms with E-state index in [4.69, 9.17) is 11.6 Å². The van der Waals surface area contributed by atoms with Crippen molar-refractivity contribution in [2.75, 3.05) is 13.6 Å². The molecule has 3 aromatic rings. The quantitative estimate of drug-likeness (QED) is 0.657. The van der Waals surface area contributed by atoms with Crippen LogP contribution >= 0.6 is 11.6 Å². The number of halogens is 2. The molecule has 4 heterocycles. The van der Waals surface area contributed by atoms with Gasteiger partial charge in [-0.1, -0.05) is 23.7 Å². The summed E-state index contributed by atoms with van der Waals surface area (Å²) in [6.45, 7) is 1.02. The van der Waals surface area contributed by atoms with Gasteiger partial charge >= 0.3 is 0 Å². The Morgan fingerprint density at radius 1 is 1.22 bits per heavy atom. The SMILES string of the molecule is CN1CC[C@@H](c2ccc(Cc3cc(-c4c(F)cccc4Cl)nc4c3C(=O)NC4)nc2)C1=O. The lowest BCUT2D eigenvalue weighted by molar-refractivity contribution is -0.127. The zero-order chi connectivity index (χ0) is 22.4. The van der Waals surface area contributed by atoms with Crippen LogP contribution in [0.3, 0.4) is 0 Å². The molecule has 1 N–H and O–H groups in total. The molecule has 2 aliphatic rings. The maximum Gasteiger partial charge on any atom is 0.253 e. The molecule has 1 saturated heterocycles. The summed E-state index contributed by atoms with van der Waals surface area (Å²) in [4.78, 5) is 35.5. The molecular formula is C24H20ClFN4O2. The molecule has 0 radical (unpaired) electrons. The Balaban J connectivity index is 1.50. The number of pyridine rings is 2. The highest BCUT2D eigenvalue weighted by Gasteiger charge is 2.31. The van der Waals surface area contributed by atoms with Crippen molar-refractivity contribution >= 4 is 23.4 Å². The van der Waals surface area contributed by atoms with Crippen LogP contribution in [0.15, 0.2) is 42.6 Å². The van der Waals surface area contributed by atoms with Gasteiger partial charge in [0, 0.05) is 31.9 Å². The van der Waals surface area contributed by atoms with Gasteiger partial charge in [-0.25, -0.2) is 9.37 Å². The van der Waals surface area contributed by atoms with Crippen molar-refractivity contribution in [1.29, 1.82) is 0 Å². The Hall–Kier alpha value is -3.32. The standard InChI is InChI=1S/C24H20ClFN4O2/c1-30-8-7-16(24(30)32)13-5-6-15(27-11-13)9-14-10-19(22-17(25)3-2-4-18(22)26)29-20-12-28-23(31)21(14)20/h2-6,10-11,16H,7-9,12H2,1H3,(H,28,31)/t16-/m0/s1. The number of likely N-dealkylation sites (tertiary alicyclic amines) is 1. The summed E-state index contributed by atoms with van der Waals surface area (Å²) in [5.74, 6) is -0.728. The zero-order valence-corrected chi connectivity index (χ0v) is 18.1. The number of hydrogen-bond acceptors (Lipinski definition) is 4. The Labute approximate surface area is 189 Å². The Morgan fingerprint density at radius 3 is 2.75 bits per heavy atom. The highest BCUT2D eigenvalue weighted by atomic mass is 35.5. The van der Waals surface area contributed by atoms with Gasteiger partial charge in [0.2, 0.25) is 5.91 Å². The maximum atomic E-state index is 14.5. The van der Waals surface area contributed by atoms with Gasteiger partial charge in [0.25, 0.3) is 5.91 Å². The third kappa shape index (κ3) is 3.52. The normalized spacial score (nSPS) is 17.6. The Kier molecular flexibility index (Phi) is 5.13. The fourth-order valence-corrected chi connectivity index (χ4v) is 4.66. The summed E-state index contributed by atoms with van der Waals surface area (Å²) in [6, 6.07) is 9.98. The summed E-state index contributed by atoms with van der Waals surface area (Å²) < 4.78 is 14.5. The molecule has 5 rings (SSSR count). The third-order valence-electron chi connectivity index (χ3n) is 6.09. The highest BCUT2D eigenvalue weighted by Crippen LogP contribution is 2.33. The topological polar surface area (TPSA) is 75.2 Å². The number of amides is 2. The van der Waals surface area contributed by atoms with Crippen LogP contribution in [0.25, 0.3) is 11.3 Å². The van der Waals surface area contributed by atoms with Crippen LogP contribution in [0.1, 0.15) is 45.2 Å². The first kappa shape index (κ1) is 20.6. The van der Waals surface area contributed by atoms with Gasteiger partial charge in [-0.2, -0.15) is 0 Å². The predicted molar refractivity (Wildman–Crippen MR) is 118 cm³/mol. The van der Waals surface area contributed by atoms with E-state index in [0.29, 0.717) is 28.9 Å². The number of carbonyl (C=O) groups excluding carboxylic acids is 2. The van der Waals surface area contributed by atoms with E-state index < -0.39 is 5.82 Å². The number of carbonyl (C=O) groups is 2. The van der Waals surface area contributed by atoms with Gasteiger partial charge in [0.15, 0.2) is 0 Å². The first-order valence-electron chi connectivity index (χ1n) is 10.4. The zero-order valence-electron chi connectivity index (χ0n) is 17.4. The van der Waals surface area contributed by atoms with Crippen LogP contribution in [0.4, 0.5) is 4.39 Å². The van der Waals surface area contributed by atoms with Crippen molar-refractivity contribution in [1.82, 2.24) is 20.2 Å². The minimum absolute atomic E-state index is 0.106. The monoisotopic (exact) mass is 450 g/mol. The summed E-state index contributed by atoms with van der Waals surface area (Å²) >= 11 is 6.25. The second kappa shape index (κ2) is 7.98. The number of fused-ring (bicyclic) bond motifs is 1. The fraction of sp³-hybridized carbons (Fsp3) is 0.250. The fourth-order valence-electron chi connectivity index (χ4n) is 4.40. The average molecular weight is 451 g/mol. The lowest BCUT2D eigenvalue weighted by Gasteiger charge is -2.13. The van der Waals surface area contributed by atoms with E-state index >= 15 is 0 Å². The number of nitrogens with one attached hydrogen (secondary N) is 1. The molecule has 6 nitrogen and oxygen atoms in total. The van der Waals surface area contributed by atoms with Crippen molar-refractivity contribution in [3.05, 3.63) is 81.5 Å². The molecule has 1 aromatic carbocycles. The smallest absolute Gasteiger partial charge is 0.253 e. The molecule has 162 valence electrons. The van der Waals surface area contributed by atoms with Gasteiger partial charge < -0.3 is 10.2 Å². The lowest BCUT2D eigenvalue weighted by atomic mass is 9.97. The summed E-state index contributed by atoms with van der Waals surface area (Å²) in [6.07, 6.45) is 2.88. The summed E-state index contributed by atoms with van der Waals surface area (Å²) in [5, 5.41) is 3.04. The predicted octanol–water partition coefficient (Wildman–Crippen LogP) is 3.72. The van der Waals surface area contributed by atoms with Crippen LogP contribution in [0, 0.1) is 5.82 Å². The maximum absolute atomic E-state index is 14.5. The van der Waals surface area contributed by atoms with Gasteiger partial charge in [0.05, 0.1) is 40.0 Å². The van der Waals surface area contributed by atoms with Crippen molar-refractivity contribution in [2.45, 2.75) is 25.3 Å². The number of rotatable bonds is 4. The van der Waals surface area contributed by atoms with E-state index in [-0.39, 0.29) is 34.9 Å². The average Bonchev–Trinajstić information content (AvgIpc) is 3.31. The molecule has 8 heteroatoms. The first-order valence-corrected chi connectivity index (χ1v) is 10.8. The van der Waals surface area contributed by atoms with E-state index in [1.807, 2.05) is 12.1 Å². The van der Waals surface area contributed by atoms with Gasteiger partial charge in [-0.05, 0) is 41.8 Å². The minimum Gasteiger partial charge on any atom is -0.346 e. The van der Waals surface area contributed by atoms with E-state index in [9.17, 15) is 14.0 Å². The minimum atomic E-state index is -0.471. The van der Waals surface area contributed by atoms with E-state index in [2.05, 4.69) is 15.3 Å². The molecular weight excluding hydrogens is 431 g/mol. The Bertz CT molecular complexity index is 1230. The summed E-state index contributed by atoms with van der Waals surface area (Å²) in [5.41, 5.74) is 4.00. The molecule has 0 spiro atoms. The molecule has 0 bridgehead atoms. The van der Waals surface area contributed by atoms with Crippen molar-refractivity contribution in [2.24, 2.45) is 0 Å². The lowest BCUT2D eigenvalue weighted by Crippen LogP contribution is -2.21. The first-order chi connectivity index (χ1) is 15.4. The second-order valence-corrected chi connectivity index (χ2v) is 8.54. The molecule has 2 aliphatic heterocycles. The summed E-state index contributed by atoms with van der Waals surface area (Å²) in [7, 11) is 1.80. The van der Waals surface area contributed by atoms with Crippen LogP contribution in [-0.4, -0.2) is 40.3 Å². The van der Waals surface area contributed by atoms with Gasteiger partial charge in [0.1, 0.15) is 5.82 Å². The van der Waals surface area contributed by atoms with Crippen LogP contribution in [0.2, 0.25) is 5.02 Å². The molecule has 0 saturated carbocycles. The third-order valence-corrected chi connectivity index (χ3v) is 6.40. The van der Waals surface area contributed by atoms with Crippen LogP contribution in [0.5, 0.6) is 0 Å². The largest absolute Gasteiger partial charge is 0.346 e. The molecule has 32 heavy (non-hydrogen) atoms. The second-order valence-electron chi connectivity index (χ2n) is 8.13. The number of likely N-dealkylation sites (N-methyl/N-ethyl adjacent to an activating group) is 1. The molecule has 2 amide bonds. The van der Waals surface area contributed by atoms with Crippen molar-refractivity contribution in [3.63, 3.8) is 0 Å². The Morgan fingerprint density at radius 2 is 2.06 bits per heavy atom. The van der Waals surface area contributed by atoms with E-state index in [1.54, 1.807) is 36.3 Å². The van der Waals surface area contributed by atoms with Crippen LogP contribution < -0.4 is 5.32 Å². The number of nitrogens with zero attached hydrogens (tertiary/aromatic N) is 3. The van der Waals surface area contributed by atoms with Gasteiger partial charge in [-0.3, -0.25) is 14.6 Å². The van der Waals surface area contributed by atoms with E-state index in [1.165, 1.54) is 6.07 Å². The van der Waals surface area contributed by atoms with Crippen LogP contribution in [-0.2, 0) is 17.8 Å². The van der Waals surface area contributed by atoms with Crippen molar-refractivity contribution in [3.8, 4) is 11.3 Å². The van der Waals surface area contributed by atoms with E-state index in [0.717, 1.165) is 24.2 Å². The molecule has 1 fully saturated rings. The molecule has 2 aromatic heterocycles. The number of benzene rings is 1. The highest BCUT2D eigenvalue weighted by molar-refractivity contribution is 6.33. The van der Waals surface area contributed by atoms with Crippen molar-refractivity contribution < 1.29 is 14.0 Å².